The minimum Gasteiger partial charge on any atom is -1.00 e. The Morgan fingerprint density at radius 2 is 1.89 bits per heavy atom. The molecule has 0 amide bonds. The maximum absolute atomic E-state index is 2.63. The van der Waals surface area contributed by atoms with Crippen molar-refractivity contribution in [3.05, 3.63) is 42.2 Å². The Morgan fingerprint density at radius 1 is 1.11 bits per heavy atom. The van der Waals surface area contributed by atoms with Crippen LogP contribution in [0.15, 0.2) is 42.2 Å². The van der Waals surface area contributed by atoms with Gasteiger partial charge in [-0.15, -0.1) is 0 Å². The van der Waals surface area contributed by atoms with E-state index in [2.05, 4.69) is 36.9 Å². The molecular formula is C14H18Cl2HfSi. The summed E-state index contributed by atoms with van der Waals surface area (Å²) < 4.78 is 3.68. The summed E-state index contributed by atoms with van der Waals surface area (Å²) in [5.74, 6) is 0. The second kappa shape index (κ2) is 6.87. The van der Waals surface area contributed by atoms with E-state index >= 15 is 0 Å². The van der Waals surface area contributed by atoms with Crippen molar-refractivity contribution in [1.29, 1.82) is 0 Å². The van der Waals surface area contributed by atoms with Gasteiger partial charge in [0.15, 0.2) is 0 Å². The van der Waals surface area contributed by atoms with E-state index in [0.29, 0.717) is 0 Å². The van der Waals surface area contributed by atoms with Gasteiger partial charge >= 0.3 is 111 Å². The third kappa shape index (κ3) is 3.20. The van der Waals surface area contributed by atoms with Gasteiger partial charge in [0, 0.05) is 0 Å². The molecule has 0 aromatic rings. The van der Waals surface area contributed by atoms with E-state index in [1.807, 2.05) is 8.53 Å². The fraction of sp³-hybridized carbons (Fsp3) is 0.429. The van der Waals surface area contributed by atoms with E-state index in [-0.39, 0.29) is 24.8 Å². The predicted molar refractivity (Wildman–Crippen MR) is 68.5 cm³/mol. The zero-order valence-corrected chi connectivity index (χ0v) is 16.8. The molecule has 0 aromatic carbocycles. The van der Waals surface area contributed by atoms with E-state index in [0.717, 1.165) is 0 Å². The molecule has 4 heteroatoms. The van der Waals surface area contributed by atoms with Crippen molar-refractivity contribution >= 4 is 8.07 Å². The van der Waals surface area contributed by atoms with Gasteiger partial charge in [-0.1, -0.05) is 0 Å². The van der Waals surface area contributed by atoms with Gasteiger partial charge in [-0.3, -0.25) is 0 Å². The minimum absolute atomic E-state index is 0. The average Bonchev–Trinajstić information content (AvgIpc) is 2.86. The zero-order valence-electron chi connectivity index (χ0n) is 10.7. The number of hydrogen-bond acceptors (Lipinski definition) is 0. The minimum atomic E-state index is -0.881. The Morgan fingerprint density at radius 3 is 2.44 bits per heavy atom. The van der Waals surface area contributed by atoms with Crippen LogP contribution in [0.1, 0.15) is 19.3 Å². The number of hydrogen-bond donors (Lipinski definition) is 0. The van der Waals surface area contributed by atoms with Crippen LogP contribution in [0.2, 0.25) is 18.6 Å². The summed E-state index contributed by atoms with van der Waals surface area (Å²) in [5, 5.41) is 1.97. The summed E-state index contributed by atoms with van der Waals surface area (Å²) in [4.78, 5) is 0. The maximum Gasteiger partial charge on any atom is -1.00 e. The maximum atomic E-state index is 2.63. The van der Waals surface area contributed by atoms with Crippen LogP contribution in [-0.4, -0.2) is 8.07 Å². The molecule has 0 aromatic heterocycles. The molecule has 18 heavy (non-hydrogen) atoms. The molecule has 3 rings (SSSR count). The normalized spacial score (nSPS) is 22.8. The molecule has 0 N–H and O–H groups in total. The third-order valence-corrected chi connectivity index (χ3v) is 15.1. The summed E-state index contributed by atoms with van der Waals surface area (Å²) in [7, 11) is -0.881. The molecule has 0 nitrogen and oxygen atoms in total. The Balaban J connectivity index is 0.000000810. The molecule has 0 saturated carbocycles. The van der Waals surface area contributed by atoms with Crippen molar-refractivity contribution in [3.63, 3.8) is 0 Å². The van der Waals surface area contributed by atoms with E-state index in [4.69, 9.17) is 0 Å². The fourth-order valence-electron chi connectivity index (χ4n) is 2.92. The van der Waals surface area contributed by atoms with Crippen molar-refractivity contribution in [2.45, 2.75) is 37.9 Å². The van der Waals surface area contributed by atoms with Crippen LogP contribution in [0.25, 0.3) is 0 Å². The second-order valence-corrected chi connectivity index (χ2v) is 15.2. The first-order valence-corrected chi connectivity index (χ1v) is 12.8. The fourth-order valence-corrected chi connectivity index (χ4v) is 14.4. The molecule has 0 unspecified atom stereocenters. The summed E-state index contributed by atoms with van der Waals surface area (Å²) in [6.07, 6.45) is 16.0. The largest absolute Gasteiger partial charge is 1.00 e. The Kier molecular flexibility index (Phi) is 6.37. The zero-order chi connectivity index (χ0) is 11.0. The first-order chi connectivity index (χ1) is 7.78. The molecule has 0 atom stereocenters. The van der Waals surface area contributed by atoms with Gasteiger partial charge in [0.05, 0.1) is 0 Å². The van der Waals surface area contributed by atoms with Crippen LogP contribution in [-0.2, 0) is 22.9 Å². The standard InChI is InChI=1S/C9H13Si.C5H5.2ClH.Hf/c1-10(7-4-8-10)9-5-2-3-6-9;1-2-4-5-3-1;;;/h2-3H,4-5,7-8H2,1H3;1-3H,4H2;2*1H;/q;;;;+2/p-2. The van der Waals surface area contributed by atoms with Gasteiger partial charge in [0.25, 0.3) is 0 Å². The van der Waals surface area contributed by atoms with Crippen LogP contribution < -0.4 is 24.8 Å². The van der Waals surface area contributed by atoms with E-state index in [1.54, 1.807) is 15.4 Å². The van der Waals surface area contributed by atoms with E-state index in [9.17, 15) is 0 Å². The molecule has 0 bridgehead atoms. The molecule has 2 aliphatic carbocycles. The van der Waals surface area contributed by atoms with Crippen LogP contribution in [0.5, 0.6) is 0 Å². The van der Waals surface area contributed by atoms with Crippen molar-refractivity contribution in [2.24, 2.45) is 0 Å². The van der Waals surface area contributed by atoms with Crippen molar-refractivity contribution in [2.75, 3.05) is 0 Å². The number of rotatable bonds is 3. The smallest absolute Gasteiger partial charge is 1.00 e. The topological polar surface area (TPSA) is 0 Å². The average molecular weight is 464 g/mol. The monoisotopic (exact) mass is 464 g/mol. The summed E-state index contributed by atoms with van der Waals surface area (Å²) >= 11 is -0.647. The molecular weight excluding hydrogens is 446 g/mol. The predicted octanol–water partition coefficient (Wildman–Crippen LogP) is -1.84. The van der Waals surface area contributed by atoms with E-state index in [1.165, 1.54) is 19.3 Å². The summed E-state index contributed by atoms with van der Waals surface area (Å²) in [6, 6.07) is 3.16. The molecule has 3 aliphatic rings. The quantitative estimate of drug-likeness (QED) is 0.432. The van der Waals surface area contributed by atoms with E-state index < -0.39 is 31.0 Å². The van der Waals surface area contributed by atoms with Crippen molar-refractivity contribution in [3.8, 4) is 0 Å². The second-order valence-electron chi connectivity index (χ2n) is 5.36. The Hall–Kier alpha value is 0.627. The van der Waals surface area contributed by atoms with Gasteiger partial charge in [0.1, 0.15) is 0 Å². The SMILES string of the molecule is C[Si]1(C2=[C]([Hf+2][C]3=CC=CC3)C=CC2)CCC1.[Cl-].[Cl-]. The first kappa shape index (κ1) is 16.7. The van der Waals surface area contributed by atoms with Crippen LogP contribution in [0.3, 0.4) is 0 Å². The van der Waals surface area contributed by atoms with Crippen LogP contribution in [0, 0.1) is 0 Å². The molecule has 1 aliphatic heterocycles. The molecule has 0 spiro atoms. The number of halogens is 2. The molecule has 96 valence electrons. The van der Waals surface area contributed by atoms with Gasteiger partial charge in [-0.05, 0) is 0 Å². The van der Waals surface area contributed by atoms with Gasteiger partial charge in [-0.2, -0.15) is 0 Å². The van der Waals surface area contributed by atoms with Gasteiger partial charge in [-0.25, -0.2) is 0 Å². The molecule has 1 saturated heterocycles. The summed E-state index contributed by atoms with van der Waals surface area (Å²) in [6.45, 7) is 2.63. The number of allylic oxidation sites excluding steroid dienone is 8. The van der Waals surface area contributed by atoms with Gasteiger partial charge < -0.3 is 24.8 Å². The molecule has 0 radical (unpaired) electrons. The van der Waals surface area contributed by atoms with Crippen molar-refractivity contribution < 1.29 is 47.7 Å². The van der Waals surface area contributed by atoms with Crippen LogP contribution in [0.4, 0.5) is 0 Å². The Bertz CT molecular complexity index is 431. The molecule has 1 heterocycles. The third-order valence-electron chi connectivity index (χ3n) is 4.18. The Labute approximate surface area is 135 Å². The van der Waals surface area contributed by atoms with Gasteiger partial charge in [0.2, 0.25) is 0 Å². The first-order valence-electron chi connectivity index (χ1n) is 6.31. The molecule has 1 fully saturated rings. The van der Waals surface area contributed by atoms with Crippen molar-refractivity contribution in [1.82, 2.24) is 0 Å². The summed E-state index contributed by atoms with van der Waals surface area (Å²) in [5.41, 5.74) is 0. The van der Waals surface area contributed by atoms with Crippen LogP contribution >= 0.6 is 0 Å².